The van der Waals surface area contributed by atoms with Crippen LogP contribution in [0.25, 0.3) is 0 Å². The van der Waals surface area contributed by atoms with E-state index in [9.17, 15) is 8.42 Å². The molecule has 1 aromatic rings. The minimum Gasteiger partial charge on any atom is -0.317 e. The summed E-state index contributed by atoms with van der Waals surface area (Å²) in [5.74, 6) is 0. The van der Waals surface area contributed by atoms with Crippen LogP contribution in [0.3, 0.4) is 0 Å². The third-order valence-corrected chi connectivity index (χ3v) is 4.47. The van der Waals surface area contributed by atoms with Gasteiger partial charge in [0.15, 0.2) is 0 Å². The number of rotatable bonds is 4. The van der Waals surface area contributed by atoms with Gasteiger partial charge in [0.1, 0.15) is 0 Å². The van der Waals surface area contributed by atoms with Crippen LogP contribution in [0.5, 0.6) is 0 Å². The normalized spacial score (nSPS) is 17.8. The molecule has 1 aliphatic rings. The summed E-state index contributed by atoms with van der Waals surface area (Å²) < 4.78 is 24.7. The van der Waals surface area contributed by atoms with E-state index in [4.69, 9.17) is 4.84 Å². The van der Waals surface area contributed by atoms with E-state index < -0.39 is 10.0 Å². The van der Waals surface area contributed by atoms with Crippen molar-refractivity contribution in [2.75, 3.05) is 13.1 Å². The van der Waals surface area contributed by atoms with Gasteiger partial charge in [0.25, 0.3) is 10.0 Å². The first-order chi connectivity index (χ1) is 8.58. The SMILES string of the molecule is O=S(=O)(NOC1CCNCC1)c1ccc(Br)cc1. The Morgan fingerprint density at radius 1 is 1.22 bits per heavy atom. The molecule has 0 bridgehead atoms. The first-order valence-corrected chi connectivity index (χ1v) is 7.99. The minimum atomic E-state index is -3.59. The van der Waals surface area contributed by atoms with Crippen molar-refractivity contribution < 1.29 is 13.3 Å². The Bertz CT molecular complexity index is 484. The molecular formula is C11H15BrN2O3S. The zero-order chi connectivity index (χ0) is 13.0. The second kappa shape index (κ2) is 6.12. The molecule has 0 aromatic heterocycles. The number of sulfonamides is 1. The molecule has 2 N–H and O–H groups in total. The van der Waals surface area contributed by atoms with E-state index in [1.165, 1.54) is 12.1 Å². The van der Waals surface area contributed by atoms with E-state index >= 15 is 0 Å². The molecule has 1 saturated heterocycles. The molecule has 1 heterocycles. The Hall–Kier alpha value is -0.470. The molecule has 2 rings (SSSR count). The van der Waals surface area contributed by atoms with E-state index in [-0.39, 0.29) is 11.0 Å². The maximum atomic E-state index is 11.9. The van der Waals surface area contributed by atoms with Gasteiger partial charge in [-0.1, -0.05) is 20.8 Å². The van der Waals surface area contributed by atoms with Gasteiger partial charge in [-0.3, -0.25) is 4.84 Å². The summed E-state index contributed by atoms with van der Waals surface area (Å²) in [7, 11) is -3.59. The van der Waals surface area contributed by atoms with E-state index in [1.54, 1.807) is 12.1 Å². The predicted octanol–water partition coefficient (Wildman–Crippen LogP) is 1.41. The van der Waals surface area contributed by atoms with Crippen molar-refractivity contribution in [2.45, 2.75) is 23.8 Å². The molecule has 18 heavy (non-hydrogen) atoms. The molecule has 0 atom stereocenters. The average Bonchev–Trinajstić information content (AvgIpc) is 2.38. The number of nitrogens with one attached hydrogen (secondary N) is 2. The standard InChI is InChI=1S/C11H15BrN2O3S/c12-9-1-3-11(4-2-9)18(15,16)14-17-10-5-7-13-8-6-10/h1-4,10,13-14H,5-8H2. The summed E-state index contributed by atoms with van der Waals surface area (Å²) in [4.78, 5) is 7.63. The zero-order valence-electron chi connectivity index (χ0n) is 9.73. The van der Waals surface area contributed by atoms with Crippen LogP contribution in [-0.2, 0) is 14.9 Å². The van der Waals surface area contributed by atoms with Gasteiger partial charge in [-0.15, -0.1) is 0 Å². The van der Waals surface area contributed by atoms with Gasteiger partial charge in [0, 0.05) is 4.47 Å². The second-order valence-corrected chi connectivity index (χ2v) is 6.67. The lowest BCUT2D eigenvalue weighted by atomic mass is 10.1. The predicted molar refractivity (Wildman–Crippen MR) is 71.4 cm³/mol. The monoisotopic (exact) mass is 334 g/mol. The quantitative estimate of drug-likeness (QED) is 0.817. The molecule has 1 fully saturated rings. The average molecular weight is 335 g/mol. The Kier molecular flexibility index (Phi) is 4.74. The molecule has 7 heteroatoms. The Labute approximate surface area is 115 Å². The summed E-state index contributed by atoms with van der Waals surface area (Å²) in [6.45, 7) is 1.70. The number of benzene rings is 1. The lowest BCUT2D eigenvalue weighted by Gasteiger charge is -2.22. The highest BCUT2D eigenvalue weighted by Gasteiger charge is 2.19. The first-order valence-electron chi connectivity index (χ1n) is 5.72. The summed E-state index contributed by atoms with van der Waals surface area (Å²) in [6.07, 6.45) is 1.56. The molecule has 1 aliphatic heterocycles. The van der Waals surface area contributed by atoms with Gasteiger partial charge >= 0.3 is 0 Å². The minimum absolute atomic E-state index is 0.0588. The Morgan fingerprint density at radius 2 is 1.83 bits per heavy atom. The third-order valence-electron chi connectivity index (χ3n) is 2.73. The molecule has 0 aliphatic carbocycles. The van der Waals surface area contributed by atoms with Gasteiger partial charge in [0.2, 0.25) is 0 Å². The third kappa shape index (κ3) is 3.76. The van der Waals surface area contributed by atoms with Crippen molar-refractivity contribution in [2.24, 2.45) is 0 Å². The van der Waals surface area contributed by atoms with E-state index in [2.05, 4.69) is 26.1 Å². The van der Waals surface area contributed by atoms with Crippen LogP contribution in [0.2, 0.25) is 0 Å². The zero-order valence-corrected chi connectivity index (χ0v) is 12.1. The van der Waals surface area contributed by atoms with Crippen LogP contribution in [0.1, 0.15) is 12.8 Å². The molecule has 5 nitrogen and oxygen atoms in total. The van der Waals surface area contributed by atoms with Crippen LogP contribution in [0.4, 0.5) is 0 Å². The van der Waals surface area contributed by atoms with Crippen molar-refractivity contribution in [1.29, 1.82) is 0 Å². The van der Waals surface area contributed by atoms with Crippen LogP contribution in [0, 0.1) is 0 Å². The van der Waals surface area contributed by atoms with Gasteiger partial charge in [0.05, 0.1) is 11.0 Å². The first kappa shape index (κ1) is 14.0. The van der Waals surface area contributed by atoms with Crippen LogP contribution >= 0.6 is 15.9 Å². The Balaban J connectivity index is 1.96. The molecular weight excluding hydrogens is 320 g/mol. The lowest BCUT2D eigenvalue weighted by Crippen LogP contribution is -2.37. The molecule has 0 unspecified atom stereocenters. The van der Waals surface area contributed by atoms with Gasteiger partial charge in [-0.05, 0) is 50.2 Å². The van der Waals surface area contributed by atoms with Crippen LogP contribution in [-0.4, -0.2) is 27.6 Å². The summed E-state index contributed by atoms with van der Waals surface area (Å²) in [6, 6.07) is 6.41. The highest BCUT2D eigenvalue weighted by Crippen LogP contribution is 2.15. The summed E-state index contributed by atoms with van der Waals surface area (Å²) >= 11 is 3.26. The van der Waals surface area contributed by atoms with E-state index in [0.29, 0.717) is 0 Å². The Morgan fingerprint density at radius 3 is 2.44 bits per heavy atom. The molecule has 1 aromatic carbocycles. The second-order valence-electron chi connectivity index (χ2n) is 4.11. The van der Waals surface area contributed by atoms with Gasteiger partial charge < -0.3 is 5.32 Å². The maximum Gasteiger partial charge on any atom is 0.262 e. The topological polar surface area (TPSA) is 67.4 Å². The number of hydrogen-bond donors (Lipinski definition) is 2. The molecule has 0 radical (unpaired) electrons. The molecule has 100 valence electrons. The maximum absolute atomic E-state index is 11.9. The highest BCUT2D eigenvalue weighted by atomic mass is 79.9. The van der Waals surface area contributed by atoms with E-state index in [0.717, 1.165) is 30.4 Å². The fraction of sp³-hybridized carbons (Fsp3) is 0.455. The van der Waals surface area contributed by atoms with E-state index in [1.807, 2.05) is 0 Å². The fourth-order valence-electron chi connectivity index (χ4n) is 1.71. The smallest absolute Gasteiger partial charge is 0.262 e. The van der Waals surface area contributed by atoms with Crippen LogP contribution in [0.15, 0.2) is 33.6 Å². The fourth-order valence-corrected chi connectivity index (χ4v) is 2.82. The number of hydrogen-bond acceptors (Lipinski definition) is 4. The summed E-state index contributed by atoms with van der Waals surface area (Å²) in [5.41, 5.74) is 0. The van der Waals surface area contributed by atoms with Gasteiger partial charge in [-0.25, -0.2) is 8.42 Å². The number of piperidine rings is 1. The highest BCUT2D eigenvalue weighted by molar-refractivity contribution is 9.10. The summed E-state index contributed by atoms with van der Waals surface area (Å²) in [5, 5.41) is 3.19. The van der Waals surface area contributed by atoms with Crippen molar-refractivity contribution in [3.05, 3.63) is 28.7 Å². The van der Waals surface area contributed by atoms with Crippen molar-refractivity contribution in [3.63, 3.8) is 0 Å². The van der Waals surface area contributed by atoms with Crippen molar-refractivity contribution in [1.82, 2.24) is 10.2 Å². The largest absolute Gasteiger partial charge is 0.317 e. The van der Waals surface area contributed by atoms with Crippen molar-refractivity contribution in [3.8, 4) is 0 Å². The van der Waals surface area contributed by atoms with Gasteiger partial charge in [-0.2, -0.15) is 0 Å². The molecule has 0 amide bonds. The van der Waals surface area contributed by atoms with Crippen molar-refractivity contribution >= 4 is 26.0 Å². The van der Waals surface area contributed by atoms with Crippen LogP contribution < -0.4 is 10.2 Å². The molecule has 0 saturated carbocycles. The molecule has 0 spiro atoms. The number of halogens is 1. The lowest BCUT2D eigenvalue weighted by molar-refractivity contribution is 0.000148.